The van der Waals surface area contributed by atoms with Crippen molar-refractivity contribution in [1.29, 1.82) is 0 Å². The summed E-state index contributed by atoms with van der Waals surface area (Å²) in [5, 5.41) is 3.41. The minimum Gasteiger partial charge on any atom is -0.469 e. The van der Waals surface area contributed by atoms with E-state index < -0.39 is 0 Å². The van der Waals surface area contributed by atoms with Crippen LogP contribution in [-0.4, -0.2) is 19.6 Å². The summed E-state index contributed by atoms with van der Waals surface area (Å²) in [6.45, 7) is 2.64. The van der Waals surface area contributed by atoms with Gasteiger partial charge in [0.2, 0.25) is 0 Å². The number of nitrogens with one attached hydrogen (secondary N) is 1. The first kappa shape index (κ1) is 15.3. The standard InChI is InChI=1S/C18H21NO2/c1-14(15-9-5-3-6-10-15)19-13-17(18(20)21-2)16-11-7-4-8-12-16/h3-12,14,17,19H,13H2,1-2H3/t14-,17?/m1/s1. The molecule has 2 aromatic carbocycles. The third kappa shape index (κ3) is 4.17. The van der Waals surface area contributed by atoms with Crippen molar-refractivity contribution in [2.75, 3.05) is 13.7 Å². The molecule has 0 heterocycles. The predicted octanol–water partition coefficient (Wildman–Crippen LogP) is 3.29. The largest absolute Gasteiger partial charge is 0.469 e. The van der Waals surface area contributed by atoms with E-state index in [2.05, 4.69) is 24.4 Å². The molecule has 0 saturated heterocycles. The molecule has 0 saturated carbocycles. The van der Waals surface area contributed by atoms with Crippen molar-refractivity contribution in [3.8, 4) is 0 Å². The van der Waals surface area contributed by atoms with Gasteiger partial charge in [-0.3, -0.25) is 4.79 Å². The summed E-state index contributed by atoms with van der Waals surface area (Å²) in [5.74, 6) is -0.503. The van der Waals surface area contributed by atoms with E-state index in [1.807, 2.05) is 48.5 Å². The van der Waals surface area contributed by atoms with E-state index in [0.717, 1.165) is 5.56 Å². The minimum atomic E-state index is -0.289. The fourth-order valence-corrected chi connectivity index (χ4v) is 2.32. The number of ether oxygens (including phenoxy) is 1. The Balaban J connectivity index is 2.05. The molecule has 3 heteroatoms. The van der Waals surface area contributed by atoms with E-state index in [9.17, 15) is 4.79 Å². The van der Waals surface area contributed by atoms with Crippen LogP contribution >= 0.6 is 0 Å². The van der Waals surface area contributed by atoms with Crippen LogP contribution < -0.4 is 5.32 Å². The van der Waals surface area contributed by atoms with Crippen molar-refractivity contribution in [3.63, 3.8) is 0 Å². The first-order valence-corrected chi connectivity index (χ1v) is 7.13. The lowest BCUT2D eigenvalue weighted by Gasteiger charge is -2.20. The van der Waals surface area contributed by atoms with Crippen LogP contribution in [-0.2, 0) is 9.53 Å². The molecule has 0 radical (unpaired) electrons. The maximum Gasteiger partial charge on any atom is 0.314 e. The van der Waals surface area contributed by atoms with Crippen LogP contribution in [0.3, 0.4) is 0 Å². The highest BCUT2D eigenvalue weighted by molar-refractivity contribution is 5.78. The number of hydrogen-bond donors (Lipinski definition) is 1. The Morgan fingerprint density at radius 2 is 1.52 bits per heavy atom. The van der Waals surface area contributed by atoms with Crippen molar-refractivity contribution in [3.05, 3.63) is 71.8 Å². The van der Waals surface area contributed by atoms with Crippen molar-refractivity contribution in [2.45, 2.75) is 18.9 Å². The van der Waals surface area contributed by atoms with E-state index in [-0.39, 0.29) is 17.9 Å². The predicted molar refractivity (Wildman–Crippen MR) is 84.1 cm³/mol. The number of rotatable bonds is 6. The maximum atomic E-state index is 12.0. The van der Waals surface area contributed by atoms with E-state index >= 15 is 0 Å². The number of esters is 1. The van der Waals surface area contributed by atoms with Gasteiger partial charge in [0.1, 0.15) is 0 Å². The van der Waals surface area contributed by atoms with Gasteiger partial charge in [-0.05, 0) is 18.1 Å². The molecule has 0 aliphatic rings. The normalized spacial score (nSPS) is 13.4. The highest BCUT2D eigenvalue weighted by Gasteiger charge is 2.21. The first-order chi connectivity index (χ1) is 10.2. The Kier molecular flexibility index (Phi) is 5.52. The molecule has 2 rings (SSSR count). The Labute approximate surface area is 126 Å². The van der Waals surface area contributed by atoms with Gasteiger partial charge in [-0.25, -0.2) is 0 Å². The zero-order valence-electron chi connectivity index (χ0n) is 12.5. The molecular formula is C18H21NO2. The lowest BCUT2D eigenvalue weighted by Crippen LogP contribution is -2.29. The average molecular weight is 283 g/mol. The van der Waals surface area contributed by atoms with Crippen molar-refractivity contribution < 1.29 is 9.53 Å². The maximum absolute atomic E-state index is 12.0. The summed E-state index contributed by atoms with van der Waals surface area (Å²) in [6.07, 6.45) is 0. The fraction of sp³-hybridized carbons (Fsp3) is 0.278. The third-order valence-corrected chi connectivity index (χ3v) is 3.62. The van der Waals surface area contributed by atoms with Crippen molar-refractivity contribution >= 4 is 5.97 Å². The summed E-state index contributed by atoms with van der Waals surface area (Å²) >= 11 is 0. The van der Waals surface area contributed by atoms with Gasteiger partial charge in [0.25, 0.3) is 0 Å². The van der Waals surface area contributed by atoms with Gasteiger partial charge in [-0.15, -0.1) is 0 Å². The molecule has 2 atom stereocenters. The molecule has 3 nitrogen and oxygen atoms in total. The van der Waals surface area contributed by atoms with Gasteiger partial charge in [0, 0.05) is 12.6 Å². The molecule has 110 valence electrons. The van der Waals surface area contributed by atoms with Crippen LogP contribution in [0.2, 0.25) is 0 Å². The third-order valence-electron chi connectivity index (χ3n) is 3.62. The van der Waals surface area contributed by atoms with Crippen LogP contribution in [0.15, 0.2) is 60.7 Å². The first-order valence-electron chi connectivity index (χ1n) is 7.13. The number of carbonyl (C=O) groups is 1. The lowest BCUT2D eigenvalue weighted by atomic mass is 9.98. The van der Waals surface area contributed by atoms with Gasteiger partial charge in [-0.2, -0.15) is 0 Å². The van der Waals surface area contributed by atoms with Crippen LogP contribution in [0.4, 0.5) is 0 Å². The lowest BCUT2D eigenvalue weighted by molar-refractivity contribution is -0.142. The minimum absolute atomic E-state index is 0.182. The zero-order valence-corrected chi connectivity index (χ0v) is 12.5. The molecule has 0 aliphatic carbocycles. The molecule has 2 aromatic rings. The van der Waals surface area contributed by atoms with Crippen LogP contribution in [0.1, 0.15) is 30.0 Å². The Morgan fingerprint density at radius 1 is 1.00 bits per heavy atom. The highest BCUT2D eigenvalue weighted by Crippen LogP contribution is 2.18. The quantitative estimate of drug-likeness (QED) is 0.827. The van der Waals surface area contributed by atoms with E-state index in [0.29, 0.717) is 6.54 Å². The summed E-state index contributed by atoms with van der Waals surface area (Å²) < 4.78 is 4.93. The highest BCUT2D eigenvalue weighted by atomic mass is 16.5. The summed E-state index contributed by atoms with van der Waals surface area (Å²) in [4.78, 5) is 12.0. The van der Waals surface area contributed by atoms with E-state index in [1.165, 1.54) is 12.7 Å². The molecule has 0 aliphatic heterocycles. The summed E-state index contributed by atoms with van der Waals surface area (Å²) in [6, 6.07) is 20.1. The topological polar surface area (TPSA) is 38.3 Å². The molecule has 0 amide bonds. The second-order valence-corrected chi connectivity index (χ2v) is 5.03. The number of carbonyl (C=O) groups excluding carboxylic acids is 1. The Morgan fingerprint density at radius 3 is 2.05 bits per heavy atom. The van der Waals surface area contributed by atoms with Crippen LogP contribution in [0, 0.1) is 0 Å². The Hall–Kier alpha value is -2.13. The Bertz CT molecular complexity index is 554. The molecule has 21 heavy (non-hydrogen) atoms. The van der Waals surface area contributed by atoms with Gasteiger partial charge < -0.3 is 10.1 Å². The molecule has 0 bridgehead atoms. The SMILES string of the molecule is COC(=O)C(CN[C@H](C)c1ccccc1)c1ccccc1. The monoisotopic (exact) mass is 283 g/mol. The second-order valence-electron chi connectivity index (χ2n) is 5.03. The molecule has 0 fully saturated rings. The van der Waals surface area contributed by atoms with Gasteiger partial charge >= 0.3 is 5.97 Å². The molecule has 1 N–H and O–H groups in total. The van der Waals surface area contributed by atoms with Crippen molar-refractivity contribution in [2.24, 2.45) is 0 Å². The van der Waals surface area contributed by atoms with Gasteiger partial charge in [-0.1, -0.05) is 60.7 Å². The van der Waals surface area contributed by atoms with Crippen molar-refractivity contribution in [1.82, 2.24) is 5.32 Å². The summed E-state index contributed by atoms with van der Waals surface area (Å²) in [7, 11) is 1.43. The molecule has 0 spiro atoms. The summed E-state index contributed by atoms with van der Waals surface area (Å²) in [5.41, 5.74) is 2.17. The van der Waals surface area contributed by atoms with Gasteiger partial charge in [0.15, 0.2) is 0 Å². The number of benzene rings is 2. The zero-order chi connectivity index (χ0) is 15.1. The number of hydrogen-bond acceptors (Lipinski definition) is 3. The average Bonchev–Trinajstić information content (AvgIpc) is 2.56. The molecule has 1 unspecified atom stereocenters. The van der Waals surface area contributed by atoms with E-state index in [1.54, 1.807) is 0 Å². The fourth-order valence-electron chi connectivity index (χ4n) is 2.32. The van der Waals surface area contributed by atoms with Crippen LogP contribution in [0.5, 0.6) is 0 Å². The van der Waals surface area contributed by atoms with E-state index in [4.69, 9.17) is 4.74 Å². The second kappa shape index (κ2) is 7.60. The molecule has 0 aromatic heterocycles. The molecular weight excluding hydrogens is 262 g/mol. The van der Waals surface area contributed by atoms with Gasteiger partial charge in [0.05, 0.1) is 13.0 Å². The number of methoxy groups -OCH3 is 1. The van der Waals surface area contributed by atoms with Crippen LogP contribution in [0.25, 0.3) is 0 Å². The smallest absolute Gasteiger partial charge is 0.314 e.